The van der Waals surface area contributed by atoms with Gasteiger partial charge in [-0.05, 0) is 46.5 Å². The van der Waals surface area contributed by atoms with Gasteiger partial charge in [-0.25, -0.2) is 0 Å². The number of benzene rings is 4. The molecule has 8 bridgehead atoms. The van der Waals surface area contributed by atoms with Gasteiger partial charge in [-0.15, -0.1) is 0 Å². The summed E-state index contributed by atoms with van der Waals surface area (Å²) >= 11 is 3.27. The van der Waals surface area contributed by atoms with Crippen molar-refractivity contribution in [2.45, 2.75) is 31.2 Å². The van der Waals surface area contributed by atoms with Crippen LogP contribution in [-0.2, 0) is 31.2 Å². The van der Waals surface area contributed by atoms with E-state index in [0.717, 1.165) is 4.57 Å². The molecule has 0 atom stereocenters. The van der Waals surface area contributed by atoms with Gasteiger partial charge in [-0.1, -0.05) is 137 Å². The Morgan fingerprint density at radius 3 is 0.881 bits per heavy atom. The monoisotopic (exact) mass is 994 g/mol. The molecule has 0 saturated heterocycles. The number of halogens is 13. The van der Waals surface area contributed by atoms with E-state index in [4.69, 9.17) is 0 Å². The molecular weight excluding hydrogens is 964 g/mol. The molecule has 0 amide bonds. The molecule has 17 heteroatoms. The minimum absolute atomic E-state index is 0.0274. The van der Waals surface area contributed by atoms with Crippen LogP contribution in [0.5, 0.6) is 0 Å². The molecule has 1 aliphatic heterocycles. The van der Waals surface area contributed by atoms with E-state index < -0.39 is 98.6 Å². The number of hydrogen-bond donors (Lipinski definition) is 3. The van der Waals surface area contributed by atoms with E-state index in [1.165, 1.54) is 146 Å². The summed E-state index contributed by atoms with van der Waals surface area (Å²) in [7, 11) is 0. The van der Waals surface area contributed by atoms with E-state index >= 15 is 52.7 Å². The van der Waals surface area contributed by atoms with E-state index in [9.17, 15) is 0 Å². The van der Waals surface area contributed by atoms with Crippen LogP contribution in [-0.4, -0.2) is 24.8 Å². The van der Waals surface area contributed by atoms with Gasteiger partial charge in [0.25, 0.3) is 0 Å². The summed E-state index contributed by atoms with van der Waals surface area (Å²) < 4.78 is 192. The van der Waals surface area contributed by atoms with Crippen LogP contribution < -0.4 is 21.4 Å². The Bertz CT molecular complexity index is 3170. The summed E-state index contributed by atoms with van der Waals surface area (Å²) in [6, 6.07) is 33.1. The van der Waals surface area contributed by atoms with E-state index in [1.54, 1.807) is 0 Å². The van der Waals surface area contributed by atoms with Crippen molar-refractivity contribution in [3.8, 4) is 0 Å². The SMILES string of the molecule is FC(F)(F)c1c2[nH]c(c1C(F)(F)F)/C(c1ccccc1)=c1/cc/c([nH]1)=C(\c1ccccc1)c1c(C(F)(F)F)c(C(F)(F)F)c(n1CCBr)/C(c1ccccc1)=c1/cc/c([nH]1)=C/2c1ccccc1. The van der Waals surface area contributed by atoms with Crippen LogP contribution in [0.1, 0.15) is 67.3 Å². The topological polar surface area (TPSA) is 52.3 Å². The second-order valence-corrected chi connectivity index (χ2v) is 16.2. The number of alkyl halides is 13. The molecule has 4 aromatic carbocycles. The molecule has 0 fully saturated rings. The lowest BCUT2D eigenvalue weighted by Crippen LogP contribution is -2.22. The number of aromatic nitrogens is 4. The average Bonchev–Trinajstić information content (AvgIpc) is 4.09. The van der Waals surface area contributed by atoms with Crippen LogP contribution in [0, 0.1) is 0 Å². The fourth-order valence-electron chi connectivity index (χ4n) is 8.94. The highest BCUT2D eigenvalue weighted by molar-refractivity contribution is 9.09. The van der Waals surface area contributed by atoms with Gasteiger partial charge in [0.05, 0.1) is 45.0 Å². The molecule has 67 heavy (non-hydrogen) atoms. The Labute approximate surface area is 380 Å². The number of hydrogen-bond acceptors (Lipinski definition) is 0. The first-order valence-corrected chi connectivity index (χ1v) is 21.4. The Morgan fingerprint density at radius 2 is 0.612 bits per heavy atom. The molecule has 3 N–H and O–H groups in total. The Hall–Kier alpha value is -6.88. The van der Waals surface area contributed by atoms with E-state index in [1.807, 2.05) is 0 Å². The standard InChI is InChI=1S/C50H31BrF12N4/c51-25-26-67-45-37(29-17-9-3-10-18-29)33-23-21-31(64-33)35(27-13-5-1-6-14-27)43-39(47(52,53)54)40(48(55,56)57)44(66-43)36(28-15-7-2-8-16-28)32-22-24-34(65-32)38(30-19-11-4-12-20-30)46(67)42(50(61,62)63)41(45)49(58,59)60/h1-24,64-66H,25-26H2/b35-31-,36-32-,37-33-,38-34-,43-35?,44-36?,45-37?,46-38?. The molecule has 5 heterocycles. The Kier molecular flexibility index (Phi) is 11.3. The summed E-state index contributed by atoms with van der Waals surface area (Å²) in [5.41, 5.74) is -14.2. The summed E-state index contributed by atoms with van der Waals surface area (Å²) in [6.45, 7) is -0.492. The first kappa shape index (κ1) is 45.3. The summed E-state index contributed by atoms with van der Waals surface area (Å²) in [5.74, 6) is 0. The predicted molar refractivity (Wildman–Crippen MR) is 231 cm³/mol. The molecule has 0 spiro atoms. The zero-order chi connectivity index (χ0) is 47.6. The minimum atomic E-state index is -5.70. The number of aromatic amines is 3. The van der Waals surface area contributed by atoms with Gasteiger partial charge in [0, 0.05) is 55.6 Å². The van der Waals surface area contributed by atoms with Gasteiger partial charge in [-0.3, -0.25) is 0 Å². The van der Waals surface area contributed by atoms with E-state index in [-0.39, 0.29) is 49.0 Å². The molecule has 4 aromatic heterocycles. The molecule has 0 radical (unpaired) electrons. The molecular formula is C50H31BrF12N4. The van der Waals surface area contributed by atoms with Crippen molar-refractivity contribution in [3.05, 3.63) is 234 Å². The Balaban J connectivity index is 1.68. The molecule has 1 aliphatic rings. The van der Waals surface area contributed by atoms with Crippen LogP contribution in [0.25, 0.3) is 22.3 Å². The van der Waals surface area contributed by atoms with Crippen molar-refractivity contribution in [1.82, 2.24) is 19.5 Å². The molecule has 9 rings (SSSR count). The van der Waals surface area contributed by atoms with Crippen molar-refractivity contribution < 1.29 is 52.7 Å². The average molecular weight is 996 g/mol. The largest absolute Gasteiger partial charge is 0.419 e. The van der Waals surface area contributed by atoms with Gasteiger partial charge in [0.1, 0.15) is 0 Å². The van der Waals surface area contributed by atoms with Crippen LogP contribution >= 0.6 is 15.9 Å². The third kappa shape index (κ3) is 8.12. The van der Waals surface area contributed by atoms with Crippen molar-refractivity contribution in [2.24, 2.45) is 0 Å². The lowest BCUT2D eigenvalue weighted by atomic mass is 9.94. The lowest BCUT2D eigenvalue weighted by molar-refractivity contribution is -0.161. The molecule has 0 saturated carbocycles. The zero-order valence-electron chi connectivity index (χ0n) is 34.1. The molecule has 4 nitrogen and oxygen atoms in total. The fraction of sp³-hybridized carbons (Fsp3) is 0.120. The van der Waals surface area contributed by atoms with Gasteiger partial charge in [0.2, 0.25) is 0 Å². The number of fused-ring (bicyclic) bond motifs is 8. The van der Waals surface area contributed by atoms with Crippen LogP contribution in [0.3, 0.4) is 0 Å². The maximum absolute atomic E-state index is 16.0. The number of rotatable bonds is 6. The quantitative estimate of drug-likeness (QED) is 0.110. The Morgan fingerprint density at radius 1 is 0.343 bits per heavy atom. The van der Waals surface area contributed by atoms with Gasteiger partial charge >= 0.3 is 24.7 Å². The van der Waals surface area contributed by atoms with Gasteiger partial charge < -0.3 is 19.5 Å². The summed E-state index contributed by atoms with van der Waals surface area (Å²) in [5, 5.41) is -1.37. The number of nitrogens with one attached hydrogen (secondary N) is 3. The summed E-state index contributed by atoms with van der Waals surface area (Å²) in [6.07, 6.45) is -22.8. The smallest absolute Gasteiger partial charge is 0.354 e. The molecule has 0 unspecified atom stereocenters. The van der Waals surface area contributed by atoms with Gasteiger partial charge in [-0.2, -0.15) is 52.7 Å². The molecule has 342 valence electrons. The maximum atomic E-state index is 16.0. The molecule has 8 aromatic rings. The van der Waals surface area contributed by atoms with E-state index in [0.29, 0.717) is 0 Å². The zero-order valence-corrected chi connectivity index (χ0v) is 35.7. The van der Waals surface area contributed by atoms with Crippen molar-refractivity contribution in [1.29, 1.82) is 0 Å². The first-order valence-electron chi connectivity index (χ1n) is 20.3. The first-order chi connectivity index (χ1) is 31.8. The normalized spacial score (nSPS) is 17.0. The second kappa shape index (κ2) is 16.8. The minimum Gasteiger partial charge on any atom is -0.354 e. The number of H-pyrrole nitrogens is 3. The second-order valence-electron chi connectivity index (χ2n) is 15.4. The highest BCUT2D eigenvalue weighted by atomic mass is 79.9. The van der Waals surface area contributed by atoms with Crippen LogP contribution in [0.2, 0.25) is 0 Å². The van der Waals surface area contributed by atoms with E-state index in [2.05, 4.69) is 30.9 Å². The fourth-order valence-corrected chi connectivity index (χ4v) is 9.30. The summed E-state index contributed by atoms with van der Waals surface area (Å²) in [4.78, 5) is 8.30. The highest BCUT2D eigenvalue weighted by Gasteiger charge is 2.52. The lowest BCUT2D eigenvalue weighted by Gasteiger charge is -2.19. The van der Waals surface area contributed by atoms with Crippen LogP contribution in [0.15, 0.2) is 146 Å². The molecule has 0 aliphatic carbocycles. The maximum Gasteiger partial charge on any atom is 0.419 e. The van der Waals surface area contributed by atoms with Crippen molar-refractivity contribution in [3.63, 3.8) is 0 Å². The third-order valence-electron chi connectivity index (χ3n) is 11.4. The highest BCUT2D eigenvalue weighted by Crippen LogP contribution is 2.51. The van der Waals surface area contributed by atoms with Gasteiger partial charge in [0.15, 0.2) is 0 Å². The van der Waals surface area contributed by atoms with Crippen molar-refractivity contribution >= 4 is 38.2 Å². The van der Waals surface area contributed by atoms with Crippen LogP contribution in [0.4, 0.5) is 52.7 Å². The third-order valence-corrected chi connectivity index (χ3v) is 11.7. The van der Waals surface area contributed by atoms with Crippen molar-refractivity contribution in [2.75, 3.05) is 5.33 Å². The number of nitrogens with zero attached hydrogens (tertiary/aromatic N) is 1. The predicted octanol–water partition coefficient (Wildman–Crippen LogP) is 11.2.